The average Bonchev–Trinajstić information content (AvgIpc) is 2.79. The summed E-state index contributed by atoms with van der Waals surface area (Å²) in [6.45, 7) is 9.49. The first kappa shape index (κ1) is 24.0. The highest BCUT2D eigenvalue weighted by atomic mass is 28.3. The van der Waals surface area contributed by atoms with Gasteiger partial charge in [0.25, 0.3) is 0 Å². The van der Waals surface area contributed by atoms with Crippen molar-refractivity contribution in [2.45, 2.75) is 32.9 Å². The summed E-state index contributed by atoms with van der Waals surface area (Å²) < 4.78 is 47.8. The van der Waals surface area contributed by atoms with Crippen molar-refractivity contribution in [1.29, 1.82) is 0 Å². The molecule has 3 heterocycles. The maximum Gasteiger partial charge on any atom is 0.339 e. The van der Waals surface area contributed by atoms with Gasteiger partial charge in [-0.2, -0.15) is 0 Å². The largest absolute Gasteiger partial charge is 0.478 e. The molecule has 4 nitrogen and oxygen atoms in total. The lowest BCUT2D eigenvalue weighted by atomic mass is 9.85. The molecule has 0 unspecified atom stereocenters. The van der Waals surface area contributed by atoms with Gasteiger partial charge in [-0.25, -0.2) is 22.5 Å². The molecule has 0 radical (unpaired) electrons. The molecular weight excluding hydrogens is 493 g/mol. The molecular formula is C29H28F3N2O2Si+. The molecule has 2 aromatic carbocycles. The molecule has 1 aliphatic carbocycles. The second-order valence-corrected chi connectivity index (χ2v) is 15.1. The molecule has 4 aliphatic rings. The number of allylic oxidation sites excluding steroid dienone is 5. The highest BCUT2D eigenvalue weighted by Crippen LogP contribution is 2.45. The van der Waals surface area contributed by atoms with Gasteiger partial charge in [-0.3, -0.25) is 0 Å². The third-order valence-corrected chi connectivity index (χ3v) is 11.9. The Morgan fingerprint density at radius 1 is 1.03 bits per heavy atom. The Bertz CT molecular complexity index is 1520. The van der Waals surface area contributed by atoms with E-state index in [-0.39, 0.29) is 5.56 Å². The SMILES string of the molecule is Cc1c(F)c(F)c(C(=O)O)c(C2=C3C=CC(=[N+]4CCC4)C=C3[Si](C)(C)c3cc(N4CCC4)ccc32)c1F. The number of benzene rings is 2. The summed E-state index contributed by atoms with van der Waals surface area (Å²) in [5.74, 6) is -5.74. The van der Waals surface area contributed by atoms with Crippen molar-refractivity contribution >= 4 is 36.2 Å². The van der Waals surface area contributed by atoms with Crippen LogP contribution in [-0.2, 0) is 0 Å². The zero-order valence-corrected chi connectivity index (χ0v) is 22.1. The molecule has 2 saturated heterocycles. The molecule has 0 bridgehead atoms. The first-order valence-corrected chi connectivity index (χ1v) is 15.7. The van der Waals surface area contributed by atoms with Crippen molar-refractivity contribution in [3.05, 3.63) is 86.9 Å². The van der Waals surface area contributed by atoms with E-state index in [1.165, 1.54) is 0 Å². The topological polar surface area (TPSA) is 43.5 Å². The van der Waals surface area contributed by atoms with Crippen LogP contribution in [0.15, 0.2) is 47.2 Å². The van der Waals surface area contributed by atoms with Gasteiger partial charge in [-0.15, -0.1) is 0 Å². The van der Waals surface area contributed by atoms with Crippen LogP contribution in [-0.4, -0.2) is 55.6 Å². The van der Waals surface area contributed by atoms with Crippen molar-refractivity contribution < 1.29 is 27.6 Å². The van der Waals surface area contributed by atoms with Gasteiger partial charge in [0.1, 0.15) is 32.5 Å². The number of anilines is 1. The van der Waals surface area contributed by atoms with Gasteiger partial charge in [-0.05, 0) is 58.6 Å². The number of hydrogen-bond acceptors (Lipinski definition) is 2. The van der Waals surface area contributed by atoms with Crippen LogP contribution in [0.25, 0.3) is 5.57 Å². The number of nitrogens with zero attached hydrogens (tertiary/aromatic N) is 2. The van der Waals surface area contributed by atoms with E-state index >= 15 is 8.78 Å². The van der Waals surface area contributed by atoms with Crippen LogP contribution in [0.5, 0.6) is 0 Å². The van der Waals surface area contributed by atoms with E-state index in [9.17, 15) is 14.3 Å². The molecule has 2 fully saturated rings. The number of aromatic carboxylic acids is 1. The van der Waals surface area contributed by atoms with Gasteiger partial charge in [-0.1, -0.05) is 19.2 Å². The molecule has 2 aromatic rings. The molecule has 0 saturated carbocycles. The summed E-state index contributed by atoms with van der Waals surface area (Å²) >= 11 is 0. The van der Waals surface area contributed by atoms with Crippen LogP contribution in [0.4, 0.5) is 18.9 Å². The maximum absolute atomic E-state index is 15.9. The number of halogens is 3. The molecule has 6 rings (SSSR count). The third-order valence-electron chi connectivity index (χ3n) is 8.34. The molecule has 0 atom stereocenters. The predicted octanol–water partition coefficient (Wildman–Crippen LogP) is 4.94. The maximum atomic E-state index is 15.9. The quantitative estimate of drug-likeness (QED) is 0.353. The van der Waals surface area contributed by atoms with Gasteiger partial charge < -0.3 is 10.0 Å². The highest BCUT2D eigenvalue weighted by Gasteiger charge is 2.43. The van der Waals surface area contributed by atoms with E-state index in [0.29, 0.717) is 16.7 Å². The smallest absolute Gasteiger partial charge is 0.339 e. The minimum absolute atomic E-state index is 0.319. The Morgan fingerprint density at radius 2 is 1.76 bits per heavy atom. The summed E-state index contributed by atoms with van der Waals surface area (Å²) in [6, 6.07) is 6.01. The second kappa shape index (κ2) is 8.31. The first-order chi connectivity index (χ1) is 17.6. The number of hydrogen-bond donors (Lipinski definition) is 1. The Balaban J connectivity index is 1.72. The van der Waals surface area contributed by atoms with Crippen LogP contribution in [0, 0.1) is 24.4 Å². The molecule has 190 valence electrons. The lowest BCUT2D eigenvalue weighted by molar-refractivity contribution is -0.582. The van der Waals surface area contributed by atoms with Crippen LogP contribution in [0.3, 0.4) is 0 Å². The summed E-state index contributed by atoms with van der Waals surface area (Å²) in [6.07, 6.45) is 8.26. The molecule has 8 heteroatoms. The summed E-state index contributed by atoms with van der Waals surface area (Å²) in [4.78, 5) is 14.5. The summed E-state index contributed by atoms with van der Waals surface area (Å²) in [5.41, 5.74) is 1.98. The Morgan fingerprint density at radius 3 is 2.35 bits per heavy atom. The molecule has 0 spiro atoms. The fourth-order valence-electron chi connectivity index (χ4n) is 5.85. The van der Waals surface area contributed by atoms with Crippen molar-refractivity contribution in [2.75, 3.05) is 31.1 Å². The summed E-state index contributed by atoms with van der Waals surface area (Å²) in [7, 11) is -2.35. The average molecular weight is 522 g/mol. The van der Waals surface area contributed by atoms with E-state index in [4.69, 9.17) is 0 Å². The zero-order chi connectivity index (χ0) is 26.2. The minimum Gasteiger partial charge on any atom is -0.478 e. The Hall–Kier alpha value is -3.39. The molecule has 0 amide bonds. The zero-order valence-electron chi connectivity index (χ0n) is 21.1. The van der Waals surface area contributed by atoms with Crippen molar-refractivity contribution in [3.8, 4) is 0 Å². The standard InChI is InChI=1S/C29H27F3N2O2Si/c1-16-26(30)24(25(29(35)36)28(32)27(16)31)23-19-8-6-17(33-10-4-11-33)14-21(19)37(2,3)22-15-18(7-9-20(22)23)34-12-5-13-34/h6-9,14-15H,4-5,10-13H2,1-3H3/p+1. The van der Waals surface area contributed by atoms with Crippen molar-refractivity contribution in [3.63, 3.8) is 0 Å². The predicted molar refractivity (Wildman–Crippen MR) is 141 cm³/mol. The van der Waals surface area contributed by atoms with E-state index in [1.807, 2.05) is 24.3 Å². The minimum atomic E-state index is -2.35. The highest BCUT2D eigenvalue weighted by molar-refractivity contribution is 6.98. The fourth-order valence-corrected chi connectivity index (χ4v) is 8.92. The van der Waals surface area contributed by atoms with Crippen LogP contribution in [0.1, 0.15) is 39.9 Å². The molecule has 3 aliphatic heterocycles. The number of carboxylic acids is 1. The molecule has 37 heavy (non-hydrogen) atoms. The number of rotatable bonds is 3. The first-order valence-electron chi connectivity index (χ1n) is 12.7. The Labute approximate surface area is 214 Å². The Kier molecular flexibility index (Phi) is 5.38. The van der Waals surface area contributed by atoms with E-state index in [1.54, 1.807) is 0 Å². The van der Waals surface area contributed by atoms with Crippen LogP contribution in [0.2, 0.25) is 13.1 Å². The van der Waals surface area contributed by atoms with Crippen molar-refractivity contribution in [1.82, 2.24) is 0 Å². The van der Waals surface area contributed by atoms with E-state index in [0.717, 1.165) is 67.7 Å². The van der Waals surface area contributed by atoms with Crippen molar-refractivity contribution in [2.24, 2.45) is 0 Å². The van der Waals surface area contributed by atoms with Gasteiger partial charge in [0, 0.05) is 42.1 Å². The monoisotopic (exact) mass is 521 g/mol. The lowest BCUT2D eigenvalue weighted by Crippen LogP contribution is -2.50. The summed E-state index contributed by atoms with van der Waals surface area (Å²) in [5, 5.41) is 12.0. The normalized spacial score (nSPS) is 19.7. The van der Waals surface area contributed by atoms with E-state index < -0.39 is 42.6 Å². The number of carbonyl (C=O) groups is 1. The molecule has 1 N–H and O–H groups in total. The fraction of sp³-hybridized carbons (Fsp3) is 0.310. The number of fused-ring (bicyclic) bond motifs is 2. The van der Waals surface area contributed by atoms with Gasteiger partial charge >= 0.3 is 5.97 Å². The van der Waals surface area contributed by atoms with Crippen LogP contribution >= 0.6 is 0 Å². The van der Waals surface area contributed by atoms with Gasteiger partial charge in [0.2, 0.25) is 0 Å². The number of carboxylic acid groups (broad SMARTS) is 1. The second-order valence-electron chi connectivity index (χ2n) is 10.8. The molecule has 0 aromatic heterocycles. The lowest BCUT2D eigenvalue weighted by Gasteiger charge is -2.40. The van der Waals surface area contributed by atoms with E-state index in [2.05, 4.69) is 34.7 Å². The van der Waals surface area contributed by atoms with Gasteiger partial charge in [0.05, 0.1) is 6.42 Å². The third kappa shape index (κ3) is 3.41. The van der Waals surface area contributed by atoms with Crippen LogP contribution < -0.4 is 10.1 Å². The van der Waals surface area contributed by atoms with Gasteiger partial charge in [0.15, 0.2) is 17.3 Å².